The van der Waals surface area contributed by atoms with E-state index >= 15 is 0 Å². The molecule has 1 aliphatic heterocycles. The predicted octanol–water partition coefficient (Wildman–Crippen LogP) is 0.816. The van der Waals surface area contributed by atoms with E-state index < -0.39 is 22.4 Å². The minimum absolute atomic E-state index is 0.388. The van der Waals surface area contributed by atoms with Crippen LogP contribution >= 0.6 is 23.2 Å². The highest BCUT2D eigenvalue weighted by atomic mass is 35.5. The highest BCUT2D eigenvalue weighted by Gasteiger charge is 2.29. The molecule has 112 valence electrons. The van der Waals surface area contributed by atoms with Gasteiger partial charge in [0.2, 0.25) is 0 Å². The Hall–Kier alpha value is -0.410. The summed E-state index contributed by atoms with van der Waals surface area (Å²) in [4.78, 5) is 0. The standard InChI is InChI=1S/C11H15Cl2N3O3S/c12-8-2-1-7(5-9(8)13)11-10(16-20(14,17)18)6-15-3-4-19-11/h1-2,5,10-11,15-16H,3-4,6H2,(H2,14,17,18)/t10-,11+/m0/s1. The van der Waals surface area contributed by atoms with Crippen LogP contribution in [0.3, 0.4) is 0 Å². The molecule has 1 heterocycles. The molecule has 0 amide bonds. The molecule has 0 spiro atoms. The van der Waals surface area contributed by atoms with Gasteiger partial charge in [-0.05, 0) is 17.7 Å². The molecule has 4 N–H and O–H groups in total. The average molecular weight is 340 g/mol. The third kappa shape index (κ3) is 4.29. The first kappa shape index (κ1) is 16.0. The molecule has 1 fully saturated rings. The van der Waals surface area contributed by atoms with Gasteiger partial charge in [0.05, 0.1) is 22.7 Å². The van der Waals surface area contributed by atoms with E-state index in [4.69, 9.17) is 33.1 Å². The largest absolute Gasteiger partial charge is 0.370 e. The lowest BCUT2D eigenvalue weighted by Crippen LogP contribution is -2.47. The zero-order chi connectivity index (χ0) is 14.8. The first-order chi connectivity index (χ1) is 9.37. The number of hydrogen-bond donors (Lipinski definition) is 3. The fourth-order valence-electron chi connectivity index (χ4n) is 2.07. The van der Waals surface area contributed by atoms with Gasteiger partial charge in [-0.25, -0.2) is 5.14 Å². The van der Waals surface area contributed by atoms with Crippen LogP contribution in [-0.2, 0) is 14.9 Å². The van der Waals surface area contributed by atoms with Crippen molar-refractivity contribution >= 4 is 33.4 Å². The Morgan fingerprint density at radius 1 is 1.35 bits per heavy atom. The van der Waals surface area contributed by atoms with Gasteiger partial charge in [-0.3, -0.25) is 0 Å². The molecule has 0 unspecified atom stereocenters. The molecule has 0 saturated carbocycles. The molecule has 1 saturated heterocycles. The average Bonchev–Trinajstić information content (AvgIpc) is 2.56. The van der Waals surface area contributed by atoms with Crippen molar-refractivity contribution in [1.29, 1.82) is 0 Å². The summed E-state index contributed by atoms with van der Waals surface area (Å²) in [5, 5.41) is 8.94. The van der Waals surface area contributed by atoms with Crippen molar-refractivity contribution in [2.24, 2.45) is 5.14 Å². The van der Waals surface area contributed by atoms with Gasteiger partial charge in [0.15, 0.2) is 0 Å². The zero-order valence-electron chi connectivity index (χ0n) is 10.5. The smallest absolute Gasteiger partial charge is 0.274 e. The molecule has 0 aliphatic carbocycles. The monoisotopic (exact) mass is 339 g/mol. The van der Waals surface area contributed by atoms with Gasteiger partial charge >= 0.3 is 0 Å². The summed E-state index contributed by atoms with van der Waals surface area (Å²) in [6.45, 7) is 1.48. The van der Waals surface area contributed by atoms with Gasteiger partial charge in [-0.2, -0.15) is 13.1 Å². The van der Waals surface area contributed by atoms with Crippen molar-refractivity contribution in [3.63, 3.8) is 0 Å². The maximum atomic E-state index is 11.2. The summed E-state index contributed by atoms with van der Waals surface area (Å²) < 4.78 is 30.6. The van der Waals surface area contributed by atoms with Gasteiger partial charge in [-0.15, -0.1) is 0 Å². The van der Waals surface area contributed by atoms with Gasteiger partial charge < -0.3 is 10.1 Å². The number of ether oxygens (including phenoxy) is 1. The van der Waals surface area contributed by atoms with Crippen LogP contribution in [0.15, 0.2) is 18.2 Å². The van der Waals surface area contributed by atoms with E-state index in [-0.39, 0.29) is 0 Å². The van der Waals surface area contributed by atoms with E-state index in [9.17, 15) is 8.42 Å². The van der Waals surface area contributed by atoms with E-state index in [0.717, 1.165) is 5.56 Å². The van der Waals surface area contributed by atoms with Crippen LogP contribution in [-0.4, -0.2) is 34.2 Å². The summed E-state index contributed by atoms with van der Waals surface area (Å²) >= 11 is 11.9. The van der Waals surface area contributed by atoms with Crippen LogP contribution in [0.4, 0.5) is 0 Å². The van der Waals surface area contributed by atoms with E-state index in [1.807, 2.05) is 0 Å². The van der Waals surface area contributed by atoms with Crippen LogP contribution in [0.1, 0.15) is 11.7 Å². The Kier molecular flexibility index (Phi) is 5.25. The highest BCUT2D eigenvalue weighted by molar-refractivity contribution is 7.87. The predicted molar refractivity (Wildman–Crippen MR) is 78.1 cm³/mol. The van der Waals surface area contributed by atoms with Gasteiger partial charge in [0.25, 0.3) is 10.2 Å². The van der Waals surface area contributed by atoms with E-state index in [0.29, 0.717) is 29.7 Å². The van der Waals surface area contributed by atoms with Crippen LogP contribution in [0.2, 0.25) is 10.0 Å². The van der Waals surface area contributed by atoms with Crippen molar-refractivity contribution in [2.75, 3.05) is 19.7 Å². The fourth-order valence-corrected chi connectivity index (χ4v) is 3.01. The number of rotatable bonds is 3. The fraction of sp³-hybridized carbons (Fsp3) is 0.455. The Balaban J connectivity index is 2.29. The molecule has 1 aromatic rings. The second-order valence-electron chi connectivity index (χ2n) is 4.44. The minimum Gasteiger partial charge on any atom is -0.370 e. The molecule has 2 atom stereocenters. The summed E-state index contributed by atoms with van der Waals surface area (Å²) in [7, 11) is -3.83. The highest BCUT2D eigenvalue weighted by Crippen LogP contribution is 2.29. The molecule has 0 radical (unpaired) electrons. The second-order valence-corrected chi connectivity index (χ2v) is 6.58. The molecule has 20 heavy (non-hydrogen) atoms. The number of nitrogens with two attached hydrogens (primary N) is 1. The molecule has 0 bridgehead atoms. The van der Waals surface area contributed by atoms with Crippen molar-refractivity contribution < 1.29 is 13.2 Å². The molecular formula is C11H15Cl2N3O3S. The van der Waals surface area contributed by atoms with E-state index in [2.05, 4.69) is 10.0 Å². The quantitative estimate of drug-likeness (QED) is 0.759. The number of halogens is 2. The molecule has 2 rings (SSSR count). The van der Waals surface area contributed by atoms with Gasteiger partial charge in [0, 0.05) is 13.1 Å². The summed E-state index contributed by atoms with van der Waals surface area (Å²) in [6.07, 6.45) is -0.488. The van der Waals surface area contributed by atoms with Crippen LogP contribution in [0.25, 0.3) is 0 Å². The normalized spacial score (nSPS) is 24.4. The first-order valence-corrected chi connectivity index (χ1v) is 8.24. The lowest BCUT2D eigenvalue weighted by Gasteiger charge is -2.25. The van der Waals surface area contributed by atoms with Crippen LogP contribution < -0.4 is 15.2 Å². The Morgan fingerprint density at radius 3 is 2.75 bits per heavy atom. The van der Waals surface area contributed by atoms with Crippen LogP contribution in [0.5, 0.6) is 0 Å². The SMILES string of the molecule is NS(=O)(=O)N[C@H]1CNCCO[C@@H]1c1ccc(Cl)c(Cl)c1. The van der Waals surface area contributed by atoms with E-state index in [1.165, 1.54) is 0 Å². The molecule has 0 aromatic heterocycles. The van der Waals surface area contributed by atoms with Gasteiger partial charge in [-0.1, -0.05) is 29.3 Å². The van der Waals surface area contributed by atoms with Crippen LogP contribution in [0, 0.1) is 0 Å². The Bertz CT molecular complexity index is 582. The van der Waals surface area contributed by atoms with Crippen molar-refractivity contribution in [3.05, 3.63) is 33.8 Å². The molecule has 6 nitrogen and oxygen atoms in total. The lowest BCUT2D eigenvalue weighted by molar-refractivity contribution is 0.0493. The molecule has 1 aromatic carbocycles. The maximum absolute atomic E-state index is 11.2. The minimum atomic E-state index is -3.83. The zero-order valence-corrected chi connectivity index (χ0v) is 12.8. The Labute approximate surface area is 127 Å². The topological polar surface area (TPSA) is 93.5 Å². The second kappa shape index (κ2) is 6.57. The van der Waals surface area contributed by atoms with Gasteiger partial charge in [0.1, 0.15) is 6.10 Å². The molecule has 9 heteroatoms. The number of hydrogen-bond acceptors (Lipinski definition) is 4. The molecule has 1 aliphatic rings. The summed E-state index contributed by atoms with van der Waals surface area (Å²) in [5.74, 6) is 0. The summed E-state index contributed by atoms with van der Waals surface area (Å²) in [5.41, 5.74) is 0.740. The third-order valence-electron chi connectivity index (χ3n) is 2.89. The Morgan fingerprint density at radius 2 is 2.10 bits per heavy atom. The van der Waals surface area contributed by atoms with E-state index in [1.54, 1.807) is 18.2 Å². The third-order valence-corrected chi connectivity index (χ3v) is 4.26. The number of benzene rings is 1. The lowest BCUT2D eigenvalue weighted by atomic mass is 10.0. The maximum Gasteiger partial charge on any atom is 0.274 e. The molecular weight excluding hydrogens is 325 g/mol. The first-order valence-electron chi connectivity index (χ1n) is 5.94. The van der Waals surface area contributed by atoms with Crippen molar-refractivity contribution in [2.45, 2.75) is 12.1 Å². The van der Waals surface area contributed by atoms with Crippen molar-refractivity contribution in [3.8, 4) is 0 Å². The number of nitrogens with one attached hydrogen (secondary N) is 2. The summed E-state index contributed by atoms with van der Waals surface area (Å²) in [6, 6.07) is 4.54. The van der Waals surface area contributed by atoms with Crippen molar-refractivity contribution in [1.82, 2.24) is 10.0 Å².